The number of aliphatic hydroxyl groups excluding tert-OH is 1. The molecule has 1 aromatic heterocycles. The van der Waals surface area contributed by atoms with E-state index in [2.05, 4.69) is 4.98 Å². The van der Waals surface area contributed by atoms with Crippen molar-refractivity contribution in [3.05, 3.63) is 23.5 Å². The summed E-state index contributed by atoms with van der Waals surface area (Å²) < 4.78 is 25.6. The van der Waals surface area contributed by atoms with E-state index in [-0.39, 0.29) is 10.0 Å². The Morgan fingerprint density at radius 2 is 2.17 bits per heavy atom. The molecule has 1 aromatic rings. The van der Waals surface area contributed by atoms with Crippen molar-refractivity contribution in [2.45, 2.75) is 24.0 Å². The number of pyridine rings is 1. The standard InChI is InChI=1S/C9H11ClN2O5S/c1-5(13)7(9(14)15)12-18(16,17)6-3-2-4-11-8(6)10/h2-5,7,12-13H,1H3,(H,14,15). The number of sulfonamides is 1. The minimum atomic E-state index is -4.17. The van der Waals surface area contributed by atoms with E-state index < -0.39 is 28.1 Å². The lowest BCUT2D eigenvalue weighted by Crippen LogP contribution is -2.47. The fraction of sp³-hybridized carbons (Fsp3) is 0.333. The highest BCUT2D eigenvalue weighted by atomic mass is 35.5. The van der Waals surface area contributed by atoms with Crippen molar-refractivity contribution in [2.75, 3.05) is 0 Å². The number of carbonyl (C=O) groups is 1. The molecule has 0 aliphatic rings. The fourth-order valence-electron chi connectivity index (χ4n) is 1.16. The van der Waals surface area contributed by atoms with E-state index in [1.807, 2.05) is 4.72 Å². The summed E-state index contributed by atoms with van der Waals surface area (Å²) >= 11 is 5.61. The van der Waals surface area contributed by atoms with Crippen LogP contribution in [0.25, 0.3) is 0 Å². The topological polar surface area (TPSA) is 117 Å². The first-order chi connectivity index (χ1) is 8.25. The smallest absolute Gasteiger partial charge is 0.324 e. The SMILES string of the molecule is CC(O)C(NS(=O)(=O)c1cccnc1Cl)C(=O)O. The van der Waals surface area contributed by atoms with Crippen LogP contribution in [0, 0.1) is 0 Å². The van der Waals surface area contributed by atoms with Gasteiger partial charge in [0, 0.05) is 6.20 Å². The number of carboxylic acid groups (broad SMARTS) is 1. The van der Waals surface area contributed by atoms with Crippen LogP contribution in [0.2, 0.25) is 5.15 Å². The predicted molar refractivity (Wildman–Crippen MR) is 62.7 cm³/mol. The predicted octanol–water partition coefficient (Wildman–Crippen LogP) is -0.153. The maximum absolute atomic E-state index is 11.9. The summed E-state index contributed by atoms with van der Waals surface area (Å²) in [6.07, 6.45) is -0.0993. The van der Waals surface area contributed by atoms with Gasteiger partial charge in [-0.3, -0.25) is 4.79 Å². The largest absolute Gasteiger partial charge is 0.480 e. The fourth-order valence-corrected chi connectivity index (χ4v) is 2.87. The number of carboxylic acids is 1. The third kappa shape index (κ3) is 3.39. The van der Waals surface area contributed by atoms with Gasteiger partial charge in [-0.25, -0.2) is 13.4 Å². The number of nitrogens with one attached hydrogen (secondary N) is 1. The van der Waals surface area contributed by atoms with E-state index in [4.69, 9.17) is 16.7 Å². The van der Waals surface area contributed by atoms with Crippen molar-refractivity contribution in [1.82, 2.24) is 9.71 Å². The van der Waals surface area contributed by atoms with E-state index in [9.17, 15) is 18.3 Å². The first-order valence-corrected chi connectivity index (χ1v) is 6.65. The lowest BCUT2D eigenvalue weighted by Gasteiger charge is -2.17. The highest BCUT2D eigenvalue weighted by Gasteiger charge is 2.30. The van der Waals surface area contributed by atoms with Crippen LogP contribution in [0.5, 0.6) is 0 Å². The van der Waals surface area contributed by atoms with Crippen molar-refractivity contribution < 1.29 is 23.4 Å². The van der Waals surface area contributed by atoms with Crippen molar-refractivity contribution in [3.63, 3.8) is 0 Å². The number of halogens is 1. The van der Waals surface area contributed by atoms with Gasteiger partial charge in [0.05, 0.1) is 6.10 Å². The Kier molecular flexibility index (Phi) is 4.63. The average Bonchev–Trinajstić information content (AvgIpc) is 2.25. The summed E-state index contributed by atoms with van der Waals surface area (Å²) in [5.74, 6) is -1.49. The number of rotatable bonds is 5. The molecular formula is C9H11ClN2O5S. The minimum Gasteiger partial charge on any atom is -0.480 e. The van der Waals surface area contributed by atoms with E-state index >= 15 is 0 Å². The number of aliphatic hydroxyl groups is 1. The molecule has 0 fully saturated rings. The first kappa shape index (κ1) is 14.8. The lowest BCUT2D eigenvalue weighted by atomic mass is 10.2. The van der Waals surface area contributed by atoms with Crippen LogP contribution < -0.4 is 4.72 Å². The summed E-state index contributed by atoms with van der Waals surface area (Å²) in [5.41, 5.74) is 0. The molecular weight excluding hydrogens is 284 g/mol. The zero-order valence-corrected chi connectivity index (χ0v) is 10.8. The quantitative estimate of drug-likeness (QED) is 0.650. The van der Waals surface area contributed by atoms with Gasteiger partial charge in [-0.05, 0) is 19.1 Å². The molecule has 3 N–H and O–H groups in total. The second-order valence-electron chi connectivity index (χ2n) is 3.47. The molecule has 2 unspecified atom stereocenters. The van der Waals surface area contributed by atoms with Crippen LogP contribution in [0.3, 0.4) is 0 Å². The van der Waals surface area contributed by atoms with Crippen molar-refractivity contribution >= 4 is 27.6 Å². The third-order valence-electron chi connectivity index (χ3n) is 2.04. The van der Waals surface area contributed by atoms with Gasteiger partial charge >= 0.3 is 5.97 Å². The molecule has 0 aliphatic heterocycles. The molecule has 100 valence electrons. The molecule has 1 rings (SSSR count). The molecule has 0 spiro atoms. The number of hydrogen-bond donors (Lipinski definition) is 3. The Hall–Kier alpha value is -1.22. The van der Waals surface area contributed by atoms with Gasteiger partial charge in [0.1, 0.15) is 16.1 Å². The molecule has 0 radical (unpaired) electrons. The molecule has 0 saturated heterocycles. The Morgan fingerprint density at radius 1 is 1.56 bits per heavy atom. The second kappa shape index (κ2) is 5.61. The van der Waals surface area contributed by atoms with Crippen LogP contribution in [0.4, 0.5) is 0 Å². The highest BCUT2D eigenvalue weighted by Crippen LogP contribution is 2.18. The molecule has 9 heteroatoms. The first-order valence-electron chi connectivity index (χ1n) is 4.79. The normalized spacial score (nSPS) is 15.1. The summed E-state index contributed by atoms with van der Waals surface area (Å²) in [5, 5.41) is 17.7. The molecule has 0 aliphatic carbocycles. The van der Waals surface area contributed by atoms with Gasteiger partial charge < -0.3 is 10.2 Å². The maximum atomic E-state index is 11.9. The Labute approximate surface area is 108 Å². The van der Waals surface area contributed by atoms with Crippen molar-refractivity contribution in [3.8, 4) is 0 Å². The number of aliphatic carboxylic acids is 1. The highest BCUT2D eigenvalue weighted by molar-refractivity contribution is 7.89. The van der Waals surface area contributed by atoms with Gasteiger partial charge in [0.2, 0.25) is 10.0 Å². The van der Waals surface area contributed by atoms with Gasteiger partial charge in [0.25, 0.3) is 0 Å². The molecule has 18 heavy (non-hydrogen) atoms. The summed E-state index contributed by atoms with van der Waals surface area (Å²) in [6, 6.07) is 0.864. The van der Waals surface area contributed by atoms with Crippen LogP contribution in [-0.4, -0.2) is 41.7 Å². The van der Waals surface area contributed by atoms with Crippen LogP contribution in [-0.2, 0) is 14.8 Å². The van der Waals surface area contributed by atoms with Gasteiger partial charge in [-0.1, -0.05) is 11.6 Å². The van der Waals surface area contributed by atoms with E-state index in [1.54, 1.807) is 0 Å². The molecule has 0 bridgehead atoms. The van der Waals surface area contributed by atoms with Gasteiger partial charge in [-0.2, -0.15) is 4.72 Å². The number of nitrogens with zero attached hydrogens (tertiary/aromatic N) is 1. The molecule has 0 aromatic carbocycles. The average molecular weight is 295 g/mol. The molecule has 2 atom stereocenters. The van der Waals surface area contributed by atoms with Crippen molar-refractivity contribution in [1.29, 1.82) is 0 Å². The lowest BCUT2D eigenvalue weighted by molar-refractivity contribution is -0.141. The zero-order valence-electron chi connectivity index (χ0n) is 9.24. The van der Waals surface area contributed by atoms with Crippen LogP contribution in [0.15, 0.2) is 23.2 Å². The molecule has 0 amide bonds. The molecule has 1 heterocycles. The Balaban J connectivity index is 3.09. The van der Waals surface area contributed by atoms with Crippen LogP contribution in [0.1, 0.15) is 6.92 Å². The maximum Gasteiger partial charge on any atom is 0.324 e. The van der Waals surface area contributed by atoms with E-state index in [1.165, 1.54) is 18.3 Å². The Bertz CT molecular complexity index is 546. The summed E-state index contributed by atoms with van der Waals surface area (Å²) in [4.78, 5) is 14.0. The Morgan fingerprint density at radius 3 is 2.61 bits per heavy atom. The summed E-state index contributed by atoms with van der Waals surface area (Å²) in [6.45, 7) is 1.16. The monoisotopic (exact) mass is 294 g/mol. The number of aromatic nitrogens is 1. The molecule has 0 saturated carbocycles. The van der Waals surface area contributed by atoms with Crippen molar-refractivity contribution in [2.24, 2.45) is 0 Å². The van der Waals surface area contributed by atoms with Gasteiger partial charge in [-0.15, -0.1) is 0 Å². The third-order valence-corrected chi connectivity index (χ3v) is 3.93. The summed E-state index contributed by atoms with van der Waals surface area (Å²) in [7, 11) is -4.17. The van der Waals surface area contributed by atoms with Crippen LogP contribution >= 0.6 is 11.6 Å². The zero-order chi connectivity index (χ0) is 13.9. The second-order valence-corrected chi connectivity index (χ2v) is 5.51. The van der Waals surface area contributed by atoms with E-state index in [0.29, 0.717) is 0 Å². The number of hydrogen-bond acceptors (Lipinski definition) is 5. The molecule has 7 nitrogen and oxygen atoms in total. The van der Waals surface area contributed by atoms with Gasteiger partial charge in [0.15, 0.2) is 0 Å². The minimum absolute atomic E-state index is 0.278. The van der Waals surface area contributed by atoms with E-state index in [0.717, 1.165) is 6.92 Å².